The predicted octanol–water partition coefficient (Wildman–Crippen LogP) is 2.46. The minimum absolute atomic E-state index is 0.110. The summed E-state index contributed by atoms with van der Waals surface area (Å²) in [6, 6.07) is 17.7. The number of rotatable bonds is 5. The van der Waals surface area contributed by atoms with E-state index in [4.69, 9.17) is 4.74 Å². The maximum absolute atomic E-state index is 11.7. The van der Waals surface area contributed by atoms with E-state index in [0.717, 1.165) is 0 Å². The predicted molar refractivity (Wildman–Crippen MR) is 71.7 cm³/mol. The average Bonchev–Trinajstić information content (AvgIpc) is 2.49. The van der Waals surface area contributed by atoms with Crippen molar-refractivity contribution in [2.75, 3.05) is 11.6 Å². The molecule has 2 aromatic carbocycles. The summed E-state index contributed by atoms with van der Waals surface area (Å²) in [5, 5.41) is 0. The first-order valence-electron chi connectivity index (χ1n) is 5.80. The SMILES string of the molecule is O=CN(COC(=O)c1ccccc1)c1ccccc1. The van der Waals surface area contributed by atoms with E-state index in [9.17, 15) is 9.59 Å². The fraction of sp³-hybridized carbons (Fsp3) is 0.0667. The number of hydrogen-bond donors (Lipinski definition) is 0. The zero-order chi connectivity index (χ0) is 13.5. The molecule has 0 spiro atoms. The normalized spacial score (nSPS) is 9.68. The van der Waals surface area contributed by atoms with Crippen LogP contribution < -0.4 is 4.90 Å². The highest BCUT2D eigenvalue weighted by atomic mass is 16.5. The quantitative estimate of drug-likeness (QED) is 0.468. The number of benzene rings is 2. The fourth-order valence-electron chi connectivity index (χ4n) is 1.57. The topological polar surface area (TPSA) is 46.6 Å². The lowest BCUT2D eigenvalue weighted by Crippen LogP contribution is -2.26. The van der Waals surface area contributed by atoms with Gasteiger partial charge in [0.05, 0.1) is 5.56 Å². The molecular weight excluding hydrogens is 242 g/mol. The molecule has 0 saturated carbocycles. The molecule has 0 aromatic heterocycles. The molecule has 4 nitrogen and oxygen atoms in total. The zero-order valence-corrected chi connectivity index (χ0v) is 10.2. The van der Waals surface area contributed by atoms with Gasteiger partial charge in [-0.25, -0.2) is 4.79 Å². The summed E-state index contributed by atoms with van der Waals surface area (Å²) in [4.78, 5) is 24.0. The zero-order valence-electron chi connectivity index (χ0n) is 10.2. The van der Waals surface area contributed by atoms with Gasteiger partial charge in [-0.05, 0) is 24.3 Å². The number of carbonyl (C=O) groups excluding carboxylic acids is 2. The number of hydrogen-bond acceptors (Lipinski definition) is 3. The fourth-order valence-corrected chi connectivity index (χ4v) is 1.57. The highest BCUT2D eigenvalue weighted by Crippen LogP contribution is 2.11. The van der Waals surface area contributed by atoms with E-state index in [-0.39, 0.29) is 6.73 Å². The van der Waals surface area contributed by atoms with Gasteiger partial charge >= 0.3 is 5.97 Å². The summed E-state index contributed by atoms with van der Waals surface area (Å²) in [7, 11) is 0. The van der Waals surface area contributed by atoms with Gasteiger partial charge in [0.25, 0.3) is 0 Å². The molecule has 96 valence electrons. The smallest absolute Gasteiger partial charge is 0.339 e. The van der Waals surface area contributed by atoms with Gasteiger partial charge < -0.3 is 4.74 Å². The van der Waals surface area contributed by atoms with Gasteiger partial charge in [-0.1, -0.05) is 36.4 Å². The Bertz CT molecular complexity index is 540. The summed E-state index contributed by atoms with van der Waals surface area (Å²) in [5.41, 5.74) is 1.14. The molecule has 0 N–H and O–H groups in total. The Kier molecular flexibility index (Phi) is 4.29. The molecule has 0 aliphatic carbocycles. The largest absolute Gasteiger partial charge is 0.440 e. The van der Waals surface area contributed by atoms with Crippen LogP contribution in [-0.4, -0.2) is 19.1 Å². The molecule has 0 saturated heterocycles. The van der Waals surface area contributed by atoms with Gasteiger partial charge in [0.15, 0.2) is 6.73 Å². The molecule has 0 aliphatic rings. The van der Waals surface area contributed by atoms with Crippen LogP contribution in [0.2, 0.25) is 0 Å². The van der Waals surface area contributed by atoms with Crippen molar-refractivity contribution in [3.63, 3.8) is 0 Å². The Morgan fingerprint density at radius 1 is 1.00 bits per heavy atom. The Labute approximate surface area is 111 Å². The van der Waals surface area contributed by atoms with Gasteiger partial charge in [0, 0.05) is 5.69 Å². The number of esters is 1. The lowest BCUT2D eigenvalue weighted by molar-refractivity contribution is -0.108. The van der Waals surface area contributed by atoms with Crippen LogP contribution in [0.25, 0.3) is 0 Å². The van der Waals surface area contributed by atoms with Crippen molar-refractivity contribution >= 4 is 18.1 Å². The molecule has 0 unspecified atom stereocenters. The second kappa shape index (κ2) is 6.35. The lowest BCUT2D eigenvalue weighted by Gasteiger charge is -2.17. The van der Waals surface area contributed by atoms with Crippen molar-refractivity contribution in [2.24, 2.45) is 0 Å². The molecule has 0 atom stereocenters. The second-order valence-electron chi connectivity index (χ2n) is 3.84. The van der Waals surface area contributed by atoms with Crippen molar-refractivity contribution in [3.8, 4) is 0 Å². The summed E-state index contributed by atoms with van der Waals surface area (Å²) >= 11 is 0. The van der Waals surface area contributed by atoms with E-state index in [1.54, 1.807) is 36.4 Å². The lowest BCUT2D eigenvalue weighted by atomic mass is 10.2. The van der Waals surface area contributed by atoms with Crippen molar-refractivity contribution in [1.29, 1.82) is 0 Å². The van der Waals surface area contributed by atoms with Crippen LogP contribution in [0.15, 0.2) is 60.7 Å². The van der Waals surface area contributed by atoms with Crippen LogP contribution in [0.4, 0.5) is 5.69 Å². The number of nitrogens with zero attached hydrogens (tertiary/aromatic N) is 1. The van der Waals surface area contributed by atoms with Crippen molar-refractivity contribution in [3.05, 3.63) is 66.2 Å². The third kappa shape index (κ3) is 3.42. The van der Waals surface area contributed by atoms with Gasteiger partial charge in [0.2, 0.25) is 6.41 Å². The van der Waals surface area contributed by atoms with E-state index in [0.29, 0.717) is 17.7 Å². The molecule has 2 aromatic rings. The summed E-state index contributed by atoms with van der Waals surface area (Å²) in [6.45, 7) is -0.110. The maximum atomic E-state index is 11.7. The number of anilines is 1. The molecule has 0 fully saturated rings. The second-order valence-corrected chi connectivity index (χ2v) is 3.84. The molecule has 0 bridgehead atoms. The van der Waals surface area contributed by atoms with Crippen molar-refractivity contribution in [2.45, 2.75) is 0 Å². The van der Waals surface area contributed by atoms with Crippen LogP contribution >= 0.6 is 0 Å². The molecular formula is C15H13NO3. The van der Waals surface area contributed by atoms with E-state index in [1.807, 2.05) is 24.3 Å². The number of para-hydroxylation sites is 1. The summed E-state index contributed by atoms with van der Waals surface area (Å²) in [5.74, 6) is -0.455. The van der Waals surface area contributed by atoms with Gasteiger partial charge in [-0.2, -0.15) is 0 Å². The van der Waals surface area contributed by atoms with Crippen LogP contribution in [-0.2, 0) is 9.53 Å². The van der Waals surface area contributed by atoms with Gasteiger partial charge in [-0.3, -0.25) is 9.69 Å². The molecule has 2 rings (SSSR count). The number of ether oxygens (including phenoxy) is 1. The third-order valence-corrected chi connectivity index (χ3v) is 2.56. The Hall–Kier alpha value is -2.62. The van der Waals surface area contributed by atoms with Crippen molar-refractivity contribution < 1.29 is 14.3 Å². The van der Waals surface area contributed by atoms with E-state index in [1.165, 1.54) is 4.90 Å². The monoisotopic (exact) mass is 255 g/mol. The highest BCUT2D eigenvalue weighted by Gasteiger charge is 2.10. The van der Waals surface area contributed by atoms with Gasteiger partial charge in [0.1, 0.15) is 0 Å². The Morgan fingerprint density at radius 2 is 1.58 bits per heavy atom. The molecule has 4 heteroatoms. The highest BCUT2D eigenvalue weighted by molar-refractivity contribution is 5.89. The minimum Gasteiger partial charge on any atom is -0.440 e. The van der Waals surface area contributed by atoms with E-state index in [2.05, 4.69) is 0 Å². The molecule has 0 radical (unpaired) electrons. The van der Waals surface area contributed by atoms with Crippen molar-refractivity contribution in [1.82, 2.24) is 0 Å². The Balaban J connectivity index is 1.98. The van der Waals surface area contributed by atoms with E-state index < -0.39 is 5.97 Å². The maximum Gasteiger partial charge on any atom is 0.339 e. The Morgan fingerprint density at radius 3 is 2.16 bits per heavy atom. The minimum atomic E-state index is -0.455. The van der Waals surface area contributed by atoms with Crippen LogP contribution in [0.1, 0.15) is 10.4 Å². The van der Waals surface area contributed by atoms with Crippen LogP contribution in [0, 0.1) is 0 Å². The number of amides is 1. The standard InChI is InChI=1S/C15H13NO3/c17-11-16(14-9-5-2-6-10-14)12-19-15(18)13-7-3-1-4-8-13/h1-11H,12H2. The first-order chi connectivity index (χ1) is 9.31. The number of carbonyl (C=O) groups is 2. The van der Waals surface area contributed by atoms with Crippen LogP contribution in [0.5, 0.6) is 0 Å². The summed E-state index contributed by atoms with van der Waals surface area (Å²) < 4.78 is 5.09. The molecule has 0 aliphatic heterocycles. The first kappa shape index (κ1) is 12.8. The first-order valence-corrected chi connectivity index (χ1v) is 5.80. The average molecular weight is 255 g/mol. The third-order valence-electron chi connectivity index (χ3n) is 2.56. The summed E-state index contributed by atoms with van der Waals surface area (Å²) in [6.07, 6.45) is 0.633. The van der Waals surface area contributed by atoms with Crippen LogP contribution in [0.3, 0.4) is 0 Å². The molecule has 19 heavy (non-hydrogen) atoms. The molecule has 0 heterocycles. The molecule has 1 amide bonds. The van der Waals surface area contributed by atoms with E-state index >= 15 is 0 Å². The van der Waals surface area contributed by atoms with Gasteiger partial charge in [-0.15, -0.1) is 0 Å².